The summed E-state index contributed by atoms with van der Waals surface area (Å²) < 4.78 is 16.1. The molecule has 4 rings (SSSR count). The summed E-state index contributed by atoms with van der Waals surface area (Å²) in [7, 11) is 1.61. The van der Waals surface area contributed by atoms with Gasteiger partial charge in [0.15, 0.2) is 11.5 Å². The minimum absolute atomic E-state index is 0.221. The summed E-state index contributed by atoms with van der Waals surface area (Å²) in [6.07, 6.45) is 1.67. The monoisotopic (exact) mass is 353 g/mol. The molecular weight excluding hydrogens is 338 g/mol. The van der Waals surface area contributed by atoms with E-state index in [0.717, 1.165) is 22.0 Å². The number of hydrogen-bond acceptors (Lipinski definition) is 7. The fourth-order valence-electron chi connectivity index (χ4n) is 2.44. The molecule has 1 aliphatic heterocycles. The zero-order valence-corrected chi connectivity index (χ0v) is 14.2. The Morgan fingerprint density at radius 1 is 1.20 bits per heavy atom. The number of rotatable bonds is 5. The van der Waals surface area contributed by atoms with Gasteiger partial charge in [-0.2, -0.15) is 5.10 Å². The van der Waals surface area contributed by atoms with E-state index in [-0.39, 0.29) is 6.79 Å². The lowest BCUT2D eigenvalue weighted by Gasteiger charge is -2.05. The minimum atomic E-state index is 0.221. The zero-order valence-electron chi connectivity index (χ0n) is 13.4. The largest absolute Gasteiger partial charge is 0.496 e. The van der Waals surface area contributed by atoms with Crippen LogP contribution in [0.5, 0.6) is 17.2 Å². The number of thiazole rings is 1. The summed E-state index contributed by atoms with van der Waals surface area (Å²) in [6, 6.07) is 13.7. The van der Waals surface area contributed by atoms with Crippen molar-refractivity contribution in [2.45, 2.75) is 0 Å². The highest BCUT2D eigenvalue weighted by Gasteiger charge is 2.17. The molecule has 0 bridgehead atoms. The number of nitrogens with one attached hydrogen (secondary N) is 1. The van der Waals surface area contributed by atoms with Crippen LogP contribution >= 0.6 is 11.3 Å². The van der Waals surface area contributed by atoms with Gasteiger partial charge >= 0.3 is 0 Å². The van der Waals surface area contributed by atoms with Crippen LogP contribution in [0.4, 0.5) is 5.13 Å². The number of anilines is 1. The molecule has 0 saturated heterocycles. The van der Waals surface area contributed by atoms with Crippen molar-refractivity contribution >= 4 is 22.7 Å². The molecule has 7 heteroatoms. The maximum absolute atomic E-state index is 5.39. The Morgan fingerprint density at radius 3 is 2.80 bits per heavy atom. The van der Waals surface area contributed by atoms with E-state index in [0.29, 0.717) is 17.2 Å². The lowest BCUT2D eigenvalue weighted by Crippen LogP contribution is -1.94. The van der Waals surface area contributed by atoms with Crippen molar-refractivity contribution in [3.05, 3.63) is 53.4 Å². The molecule has 0 amide bonds. The van der Waals surface area contributed by atoms with Gasteiger partial charge in [-0.15, -0.1) is 11.3 Å². The number of hydrogen-bond donors (Lipinski definition) is 1. The molecular formula is C18H15N3O3S. The number of aromatic nitrogens is 1. The van der Waals surface area contributed by atoms with E-state index in [1.165, 1.54) is 11.3 Å². The predicted octanol–water partition coefficient (Wildman–Crippen LogP) is 3.99. The third-order valence-electron chi connectivity index (χ3n) is 3.66. The Morgan fingerprint density at radius 2 is 2.00 bits per heavy atom. The molecule has 1 aliphatic rings. The summed E-state index contributed by atoms with van der Waals surface area (Å²) in [5.74, 6) is 2.02. The summed E-state index contributed by atoms with van der Waals surface area (Å²) >= 11 is 1.50. The van der Waals surface area contributed by atoms with E-state index in [2.05, 4.69) is 15.5 Å². The zero-order chi connectivity index (χ0) is 17.1. The van der Waals surface area contributed by atoms with Gasteiger partial charge < -0.3 is 14.2 Å². The molecule has 6 nitrogen and oxygen atoms in total. The van der Waals surface area contributed by atoms with Crippen molar-refractivity contribution < 1.29 is 14.2 Å². The van der Waals surface area contributed by atoms with Crippen LogP contribution in [-0.2, 0) is 0 Å². The average molecular weight is 353 g/mol. The van der Waals surface area contributed by atoms with Crippen LogP contribution in [0.2, 0.25) is 0 Å². The molecule has 0 saturated carbocycles. The van der Waals surface area contributed by atoms with Gasteiger partial charge in [0.25, 0.3) is 0 Å². The molecule has 1 aromatic heterocycles. The molecule has 3 aromatic rings. The molecule has 0 fully saturated rings. The Balaban J connectivity index is 1.49. The van der Waals surface area contributed by atoms with Crippen LogP contribution in [0.3, 0.4) is 0 Å². The van der Waals surface area contributed by atoms with Gasteiger partial charge in [-0.3, -0.25) is 5.43 Å². The van der Waals surface area contributed by atoms with E-state index in [1.54, 1.807) is 19.4 Å². The summed E-state index contributed by atoms with van der Waals surface area (Å²) in [5, 5.41) is 6.96. The number of fused-ring (bicyclic) bond motifs is 1. The topological polar surface area (TPSA) is 65.0 Å². The molecule has 25 heavy (non-hydrogen) atoms. The first-order valence-corrected chi connectivity index (χ1v) is 8.49. The van der Waals surface area contributed by atoms with Gasteiger partial charge in [-0.05, 0) is 6.07 Å². The van der Waals surface area contributed by atoms with Crippen molar-refractivity contribution in [1.29, 1.82) is 0 Å². The van der Waals surface area contributed by atoms with Crippen molar-refractivity contribution in [3.8, 4) is 28.5 Å². The molecule has 1 N–H and O–H groups in total. The molecule has 0 atom stereocenters. The maximum atomic E-state index is 5.39. The molecule has 0 spiro atoms. The average Bonchev–Trinajstić information content (AvgIpc) is 3.30. The van der Waals surface area contributed by atoms with Gasteiger partial charge in [0.05, 0.1) is 19.0 Å². The molecule has 0 aliphatic carbocycles. The standard InChI is InChI=1S/C18H15N3O3S/c1-22-15-8-17-16(23-11-24-17)7-13(15)9-19-21-18-20-14(10-25-18)12-5-3-2-4-6-12/h2-10H,11H2,1H3,(H,20,21). The SMILES string of the molecule is COc1cc2c(cc1C=NNc1nc(-c3ccccc3)cs1)OCO2. The summed E-state index contributed by atoms with van der Waals surface area (Å²) in [5.41, 5.74) is 5.74. The second kappa shape index (κ2) is 6.82. The van der Waals surface area contributed by atoms with E-state index in [1.807, 2.05) is 41.8 Å². The van der Waals surface area contributed by atoms with Crippen LogP contribution in [-0.4, -0.2) is 25.1 Å². The second-order valence-corrected chi connectivity index (χ2v) is 6.08. The lowest BCUT2D eigenvalue weighted by atomic mass is 10.2. The number of benzene rings is 2. The Kier molecular flexibility index (Phi) is 4.22. The van der Waals surface area contributed by atoms with Crippen LogP contribution < -0.4 is 19.6 Å². The van der Waals surface area contributed by atoms with E-state index < -0.39 is 0 Å². The third kappa shape index (κ3) is 3.27. The first-order chi connectivity index (χ1) is 12.3. The minimum Gasteiger partial charge on any atom is -0.496 e. The molecule has 0 radical (unpaired) electrons. The number of ether oxygens (including phenoxy) is 3. The van der Waals surface area contributed by atoms with Crippen LogP contribution in [0.15, 0.2) is 52.9 Å². The smallest absolute Gasteiger partial charge is 0.231 e. The van der Waals surface area contributed by atoms with E-state index >= 15 is 0 Å². The first-order valence-electron chi connectivity index (χ1n) is 7.61. The molecule has 2 heterocycles. The number of nitrogens with zero attached hydrogens (tertiary/aromatic N) is 2. The highest BCUT2D eigenvalue weighted by atomic mass is 32.1. The van der Waals surface area contributed by atoms with Gasteiger partial charge in [-0.1, -0.05) is 30.3 Å². The molecule has 126 valence electrons. The van der Waals surface area contributed by atoms with Crippen molar-refractivity contribution in [3.63, 3.8) is 0 Å². The first kappa shape index (κ1) is 15.5. The van der Waals surface area contributed by atoms with Gasteiger partial charge in [-0.25, -0.2) is 4.98 Å². The van der Waals surface area contributed by atoms with Crippen LogP contribution in [0.1, 0.15) is 5.56 Å². The van der Waals surface area contributed by atoms with Crippen LogP contribution in [0, 0.1) is 0 Å². The van der Waals surface area contributed by atoms with E-state index in [4.69, 9.17) is 14.2 Å². The van der Waals surface area contributed by atoms with Crippen molar-refractivity contribution in [1.82, 2.24) is 4.98 Å². The van der Waals surface area contributed by atoms with Gasteiger partial charge in [0.1, 0.15) is 5.75 Å². The van der Waals surface area contributed by atoms with Gasteiger partial charge in [0, 0.05) is 22.6 Å². The van der Waals surface area contributed by atoms with Crippen LogP contribution in [0.25, 0.3) is 11.3 Å². The normalized spacial score (nSPS) is 12.5. The summed E-state index contributed by atoms with van der Waals surface area (Å²) in [4.78, 5) is 4.53. The highest BCUT2D eigenvalue weighted by molar-refractivity contribution is 7.14. The highest BCUT2D eigenvalue weighted by Crippen LogP contribution is 2.37. The van der Waals surface area contributed by atoms with E-state index in [9.17, 15) is 0 Å². The Labute approximate surface area is 148 Å². The number of methoxy groups -OCH3 is 1. The molecule has 2 aromatic carbocycles. The number of hydrazone groups is 1. The molecule has 0 unspecified atom stereocenters. The van der Waals surface area contributed by atoms with Crippen molar-refractivity contribution in [2.24, 2.45) is 5.10 Å². The van der Waals surface area contributed by atoms with Gasteiger partial charge in [0.2, 0.25) is 11.9 Å². The second-order valence-electron chi connectivity index (χ2n) is 5.22. The Bertz CT molecular complexity index is 909. The van der Waals surface area contributed by atoms with Crippen molar-refractivity contribution in [2.75, 3.05) is 19.3 Å². The fourth-order valence-corrected chi connectivity index (χ4v) is 3.11. The fraction of sp³-hybridized carbons (Fsp3) is 0.111. The third-order valence-corrected chi connectivity index (χ3v) is 4.41. The predicted molar refractivity (Wildman–Crippen MR) is 97.9 cm³/mol. The summed E-state index contributed by atoms with van der Waals surface area (Å²) in [6.45, 7) is 0.221. The lowest BCUT2D eigenvalue weighted by molar-refractivity contribution is 0.174. The Hall–Kier alpha value is -3.06. The quantitative estimate of drug-likeness (QED) is 0.555. The maximum Gasteiger partial charge on any atom is 0.231 e.